The van der Waals surface area contributed by atoms with E-state index in [1.165, 1.54) is 11.3 Å². The minimum atomic E-state index is -0.195. The molecule has 0 spiro atoms. The molecule has 0 unspecified atom stereocenters. The Hall–Kier alpha value is -2.32. The van der Waals surface area contributed by atoms with Crippen molar-refractivity contribution in [2.45, 2.75) is 12.8 Å². The highest BCUT2D eigenvalue weighted by atomic mass is 32.1. The quantitative estimate of drug-likeness (QED) is 0.701. The summed E-state index contributed by atoms with van der Waals surface area (Å²) in [5, 5.41) is 5.48. The number of hydrogen-bond acceptors (Lipinski definition) is 7. The first-order valence-corrected chi connectivity index (χ1v) is 8.73. The fourth-order valence-electron chi connectivity index (χ4n) is 2.41. The molecule has 0 saturated heterocycles. The first-order valence-electron chi connectivity index (χ1n) is 7.85. The zero-order valence-electron chi connectivity index (χ0n) is 14.6. The SMILES string of the molecule is COc1ccc(CCNC(=O)c2csc(CCN)n2)c(OC)c1OC. The summed E-state index contributed by atoms with van der Waals surface area (Å²) in [5.74, 6) is 1.55. The lowest BCUT2D eigenvalue weighted by Crippen LogP contribution is -2.26. The van der Waals surface area contributed by atoms with Crippen molar-refractivity contribution in [1.82, 2.24) is 10.3 Å². The molecule has 1 aromatic carbocycles. The monoisotopic (exact) mass is 365 g/mol. The number of nitrogens with one attached hydrogen (secondary N) is 1. The number of amides is 1. The zero-order chi connectivity index (χ0) is 18.2. The van der Waals surface area contributed by atoms with E-state index in [0.29, 0.717) is 48.9 Å². The number of ether oxygens (including phenoxy) is 3. The number of rotatable bonds is 9. The van der Waals surface area contributed by atoms with Gasteiger partial charge in [-0.3, -0.25) is 4.79 Å². The molecule has 0 aliphatic heterocycles. The molecule has 1 aromatic heterocycles. The lowest BCUT2D eigenvalue weighted by molar-refractivity contribution is 0.0949. The van der Waals surface area contributed by atoms with Crippen LogP contribution in [0.2, 0.25) is 0 Å². The molecule has 0 aliphatic rings. The summed E-state index contributed by atoms with van der Waals surface area (Å²) in [6.07, 6.45) is 1.27. The Balaban J connectivity index is 2.00. The van der Waals surface area contributed by atoms with Gasteiger partial charge in [0.25, 0.3) is 5.91 Å². The van der Waals surface area contributed by atoms with Crippen molar-refractivity contribution >= 4 is 17.2 Å². The number of methoxy groups -OCH3 is 3. The van der Waals surface area contributed by atoms with Gasteiger partial charge in [-0.15, -0.1) is 11.3 Å². The van der Waals surface area contributed by atoms with Crippen LogP contribution in [-0.4, -0.2) is 45.3 Å². The van der Waals surface area contributed by atoms with Crippen LogP contribution < -0.4 is 25.3 Å². The second kappa shape index (κ2) is 9.24. The fourth-order valence-corrected chi connectivity index (χ4v) is 3.21. The van der Waals surface area contributed by atoms with Crippen LogP contribution in [0.15, 0.2) is 17.5 Å². The molecule has 1 amide bonds. The van der Waals surface area contributed by atoms with E-state index >= 15 is 0 Å². The van der Waals surface area contributed by atoms with Crippen LogP contribution >= 0.6 is 11.3 Å². The smallest absolute Gasteiger partial charge is 0.270 e. The molecule has 0 atom stereocenters. The van der Waals surface area contributed by atoms with Gasteiger partial charge >= 0.3 is 0 Å². The predicted molar refractivity (Wildman–Crippen MR) is 97.0 cm³/mol. The van der Waals surface area contributed by atoms with Crippen LogP contribution in [0, 0.1) is 0 Å². The Kier molecular flexibility index (Phi) is 7.03. The van der Waals surface area contributed by atoms with E-state index in [1.807, 2.05) is 12.1 Å². The molecule has 0 radical (unpaired) electrons. The molecule has 2 rings (SSSR count). The third-order valence-corrected chi connectivity index (χ3v) is 4.52. The Bertz CT molecular complexity index is 718. The molecule has 3 N–H and O–H groups in total. The van der Waals surface area contributed by atoms with Gasteiger partial charge < -0.3 is 25.3 Å². The fraction of sp³-hybridized carbons (Fsp3) is 0.412. The van der Waals surface area contributed by atoms with Crippen molar-refractivity contribution in [1.29, 1.82) is 0 Å². The minimum Gasteiger partial charge on any atom is -0.493 e. The van der Waals surface area contributed by atoms with Crippen LogP contribution in [0.4, 0.5) is 0 Å². The molecule has 8 heteroatoms. The zero-order valence-corrected chi connectivity index (χ0v) is 15.4. The summed E-state index contributed by atoms with van der Waals surface area (Å²) in [5.41, 5.74) is 6.84. The molecular formula is C17H23N3O4S. The Morgan fingerprint density at radius 1 is 1.16 bits per heavy atom. The second-order valence-corrected chi connectivity index (χ2v) is 6.11. The van der Waals surface area contributed by atoms with Gasteiger partial charge in [0.05, 0.1) is 26.3 Å². The highest BCUT2D eigenvalue weighted by molar-refractivity contribution is 7.09. The van der Waals surface area contributed by atoms with Crippen LogP contribution in [0.25, 0.3) is 0 Å². The largest absolute Gasteiger partial charge is 0.493 e. The third kappa shape index (κ3) is 4.61. The van der Waals surface area contributed by atoms with Crippen molar-refractivity contribution in [3.8, 4) is 17.2 Å². The standard InChI is InChI=1S/C17H23N3O4S/c1-22-13-5-4-11(15(23-2)16(13)24-3)7-9-19-17(21)12-10-25-14(20-12)6-8-18/h4-5,10H,6-9,18H2,1-3H3,(H,19,21). The lowest BCUT2D eigenvalue weighted by Gasteiger charge is -2.15. The van der Waals surface area contributed by atoms with Gasteiger partial charge in [-0.25, -0.2) is 4.98 Å². The summed E-state index contributed by atoms with van der Waals surface area (Å²) in [6.45, 7) is 0.974. The number of benzene rings is 1. The number of carbonyl (C=O) groups is 1. The molecule has 136 valence electrons. The van der Waals surface area contributed by atoms with Gasteiger partial charge in [-0.1, -0.05) is 6.07 Å². The number of thiazole rings is 1. The molecule has 25 heavy (non-hydrogen) atoms. The van der Waals surface area contributed by atoms with E-state index in [1.54, 1.807) is 26.7 Å². The van der Waals surface area contributed by atoms with E-state index in [9.17, 15) is 4.79 Å². The summed E-state index contributed by atoms with van der Waals surface area (Å²) in [7, 11) is 4.71. The Morgan fingerprint density at radius 3 is 2.56 bits per heavy atom. The van der Waals surface area contributed by atoms with E-state index in [-0.39, 0.29) is 5.91 Å². The maximum atomic E-state index is 12.2. The lowest BCUT2D eigenvalue weighted by atomic mass is 10.1. The molecule has 2 aromatic rings. The van der Waals surface area contributed by atoms with Gasteiger partial charge in [0.1, 0.15) is 5.69 Å². The average Bonchev–Trinajstić information content (AvgIpc) is 3.10. The van der Waals surface area contributed by atoms with Gasteiger partial charge in [-0.05, 0) is 19.0 Å². The van der Waals surface area contributed by atoms with Crippen LogP contribution in [0.5, 0.6) is 17.2 Å². The maximum Gasteiger partial charge on any atom is 0.270 e. The van der Waals surface area contributed by atoms with Crippen molar-refractivity contribution in [3.05, 3.63) is 33.8 Å². The molecule has 0 fully saturated rings. The van der Waals surface area contributed by atoms with Gasteiger partial charge in [0.15, 0.2) is 11.5 Å². The molecule has 0 aliphatic carbocycles. The van der Waals surface area contributed by atoms with E-state index in [0.717, 1.165) is 10.6 Å². The highest BCUT2D eigenvalue weighted by Crippen LogP contribution is 2.39. The number of carbonyl (C=O) groups excluding carboxylic acids is 1. The van der Waals surface area contributed by atoms with Gasteiger partial charge in [0, 0.05) is 23.9 Å². The Morgan fingerprint density at radius 2 is 1.92 bits per heavy atom. The second-order valence-electron chi connectivity index (χ2n) is 5.16. The van der Waals surface area contributed by atoms with Crippen LogP contribution in [-0.2, 0) is 12.8 Å². The van der Waals surface area contributed by atoms with Crippen LogP contribution in [0.3, 0.4) is 0 Å². The first-order chi connectivity index (χ1) is 12.1. The number of aromatic nitrogens is 1. The van der Waals surface area contributed by atoms with E-state index in [4.69, 9.17) is 19.9 Å². The number of nitrogens with two attached hydrogens (primary N) is 1. The average molecular weight is 365 g/mol. The predicted octanol–water partition coefficient (Wildman–Crippen LogP) is 1.64. The third-order valence-electron chi connectivity index (χ3n) is 3.61. The Labute approximate surface area is 151 Å². The molecular weight excluding hydrogens is 342 g/mol. The highest BCUT2D eigenvalue weighted by Gasteiger charge is 2.16. The summed E-state index contributed by atoms with van der Waals surface area (Å²) >= 11 is 1.45. The number of nitrogens with zero attached hydrogens (tertiary/aromatic N) is 1. The maximum absolute atomic E-state index is 12.2. The van der Waals surface area contributed by atoms with Crippen LogP contribution in [0.1, 0.15) is 21.1 Å². The van der Waals surface area contributed by atoms with Gasteiger partial charge in [0.2, 0.25) is 5.75 Å². The van der Waals surface area contributed by atoms with Crippen molar-refractivity contribution in [3.63, 3.8) is 0 Å². The van der Waals surface area contributed by atoms with E-state index < -0.39 is 0 Å². The van der Waals surface area contributed by atoms with E-state index in [2.05, 4.69) is 10.3 Å². The molecule has 0 bridgehead atoms. The molecule has 7 nitrogen and oxygen atoms in total. The van der Waals surface area contributed by atoms with Crippen molar-refractivity contribution < 1.29 is 19.0 Å². The summed E-state index contributed by atoms with van der Waals surface area (Å²) < 4.78 is 16.1. The minimum absolute atomic E-state index is 0.195. The molecule has 0 saturated carbocycles. The molecule has 1 heterocycles. The number of hydrogen-bond donors (Lipinski definition) is 2. The first kappa shape index (κ1) is 19.0. The topological polar surface area (TPSA) is 95.7 Å². The van der Waals surface area contributed by atoms with Crippen molar-refractivity contribution in [2.24, 2.45) is 5.73 Å². The summed E-state index contributed by atoms with van der Waals surface area (Å²) in [4.78, 5) is 16.4. The van der Waals surface area contributed by atoms with Gasteiger partial charge in [-0.2, -0.15) is 0 Å². The normalized spacial score (nSPS) is 10.4. The summed E-state index contributed by atoms with van der Waals surface area (Å²) in [6, 6.07) is 3.71. The van der Waals surface area contributed by atoms with Crippen molar-refractivity contribution in [2.75, 3.05) is 34.4 Å².